The summed E-state index contributed by atoms with van der Waals surface area (Å²) in [5.74, 6) is -7.11. The summed E-state index contributed by atoms with van der Waals surface area (Å²) < 4.78 is 62.2. The van der Waals surface area contributed by atoms with E-state index in [1.54, 1.807) is 0 Å². The lowest BCUT2D eigenvalue weighted by atomic mass is 9.84. The molecule has 0 aromatic rings. The Morgan fingerprint density at radius 1 is 0.539 bits per heavy atom. The van der Waals surface area contributed by atoms with Gasteiger partial charge in [-0.3, -0.25) is 4.79 Å². The van der Waals surface area contributed by atoms with Crippen LogP contribution in [0, 0.1) is 5.92 Å². The Labute approximate surface area is 430 Å². The molecule has 34 nitrogen and oxygen atoms in total. The normalized spacial score (nSPS) is 49.2. The van der Waals surface area contributed by atoms with Crippen molar-refractivity contribution in [2.75, 3.05) is 39.6 Å². The first-order valence-electron chi connectivity index (χ1n) is 24.1. The van der Waals surface area contributed by atoms with Gasteiger partial charge in [0.15, 0.2) is 31.5 Å². The van der Waals surface area contributed by atoms with Gasteiger partial charge in [-0.15, -0.1) is 0 Å². The van der Waals surface area contributed by atoms with Gasteiger partial charge in [-0.25, -0.2) is 4.79 Å². The van der Waals surface area contributed by atoms with Crippen molar-refractivity contribution in [1.82, 2.24) is 5.32 Å². The number of rotatable bonds is 20. The van der Waals surface area contributed by atoms with E-state index in [9.17, 15) is 112 Å². The fraction of sp³-hybridized carbons (Fsp3) is 0.952. The van der Waals surface area contributed by atoms with Crippen molar-refractivity contribution >= 4 is 11.9 Å². The standard InChI is InChI=1S/C42H71NO33/c1-10-12(51)3-42(41(64)65,75-30(10)20(53)13(52)4-44)76-35-23(56)16(7-47)69-40(29(35)62)73-33-19(43-11(2)50)37(67-14(5-45)21(33)54)74-34-22(55)15(6-46)68-39(28(34)61)72-32-18(9-49)70-38(27(60)25(32)58)71-31-17(8-48)66-36(63)26(59)24(31)57/h10,12-40,44-49,51-63H,3-9H2,1-2H3,(H,43,50)(H,64,65)/t10-,12-,13-,14?,15?,16?,17+,18?,19+,20?,21+,22+,23+,24?,25-,26?,27+,28+,29+,30?,31-,32+,33-,34+,35+,36?,37?,38?,39?,40?,42?/m1/s1. The molecular formula is C42H71NO33. The lowest BCUT2D eigenvalue weighted by molar-refractivity contribution is -0.393. The van der Waals surface area contributed by atoms with Crippen LogP contribution in [0.4, 0.5) is 0 Å². The van der Waals surface area contributed by atoms with Gasteiger partial charge < -0.3 is 160 Å². The summed E-state index contributed by atoms with van der Waals surface area (Å²) in [5, 5.41) is 216. The largest absolute Gasteiger partial charge is 0.477 e. The number of aliphatic hydroxyl groups is 19. The van der Waals surface area contributed by atoms with Crippen LogP contribution in [-0.4, -0.2) is 337 Å². The predicted octanol–water partition coefficient (Wildman–Crippen LogP) is -13.5. The molecule has 0 bridgehead atoms. The van der Waals surface area contributed by atoms with Crippen LogP contribution < -0.4 is 5.32 Å². The summed E-state index contributed by atoms with van der Waals surface area (Å²) in [7, 11) is 0. The van der Waals surface area contributed by atoms with Gasteiger partial charge in [-0.2, -0.15) is 0 Å². The molecule has 0 spiro atoms. The fourth-order valence-corrected chi connectivity index (χ4v) is 9.80. The van der Waals surface area contributed by atoms with E-state index >= 15 is 0 Å². The molecule has 0 aromatic carbocycles. The molecule has 21 N–H and O–H groups in total. The van der Waals surface area contributed by atoms with Crippen molar-refractivity contribution in [3.05, 3.63) is 0 Å². The van der Waals surface area contributed by atoms with E-state index in [4.69, 9.17) is 52.1 Å². The van der Waals surface area contributed by atoms with Crippen molar-refractivity contribution in [3.63, 3.8) is 0 Å². The molecule has 442 valence electrons. The molecule has 6 aliphatic heterocycles. The number of carbonyl (C=O) groups excluding carboxylic acids is 1. The Bertz CT molecular complexity index is 1850. The quantitative estimate of drug-likeness (QED) is 0.0538. The second-order valence-electron chi connectivity index (χ2n) is 19.3. The lowest BCUT2D eigenvalue weighted by Crippen LogP contribution is -2.71. The highest BCUT2D eigenvalue weighted by atomic mass is 16.8. The SMILES string of the molecule is CC(=O)N[C@@H]1C(O[C@@H]2[C@H](O)C(O[C@H]3C(CO)OC(O[C@H]4C(O)C(O)C(O)O[C@H]4CO)[C@@H](O)[C@H]3O)OC(CO)[C@@H]2O)OC(CO)[C@H](O)[C@@H]1OC1OC(CO)[C@H](O)[C@H](OC2(C(=O)O)C[C@@H](O)[C@@H](C)C(C(O)[C@H](O)CO)O2)[C@@H]1O. The minimum atomic E-state index is -3.06. The van der Waals surface area contributed by atoms with Crippen molar-refractivity contribution in [3.8, 4) is 0 Å². The highest BCUT2D eigenvalue weighted by Gasteiger charge is 2.61. The molecule has 14 unspecified atom stereocenters. The Morgan fingerprint density at radius 2 is 0.961 bits per heavy atom. The van der Waals surface area contributed by atoms with Gasteiger partial charge in [-0.05, 0) is 0 Å². The molecule has 6 heterocycles. The van der Waals surface area contributed by atoms with Gasteiger partial charge in [0.1, 0.15) is 134 Å². The minimum Gasteiger partial charge on any atom is -0.477 e. The monoisotopic (exact) mass is 1120 g/mol. The molecular weight excluding hydrogens is 1050 g/mol. The van der Waals surface area contributed by atoms with Crippen LogP contribution in [0.3, 0.4) is 0 Å². The zero-order chi connectivity index (χ0) is 56.4. The number of carboxylic acids is 1. The molecule has 6 aliphatic rings. The summed E-state index contributed by atoms with van der Waals surface area (Å²) in [5.41, 5.74) is 0. The Balaban J connectivity index is 1.24. The number of aliphatic carboxylic acids is 1. The second kappa shape index (κ2) is 26.6. The van der Waals surface area contributed by atoms with E-state index in [1.165, 1.54) is 6.92 Å². The summed E-state index contributed by atoms with van der Waals surface area (Å²) in [6, 6.07) is -1.88. The first-order valence-corrected chi connectivity index (χ1v) is 24.1. The Hall–Kier alpha value is -2.26. The first kappa shape index (κ1) is 62.9. The molecule has 6 rings (SSSR count). The molecule has 6 fully saturated rings. The van der Waals surface area contributed by atoms with Crippen LogP contribution in [-0.2, 0) is 61.7 Å². The zero-order valence-corrected chi connectivity index (χ0v) is 40.5. The maximum absolute atomic E-state index is 12.9. The summed E-state index contributed by atoms with van der Waals surface area (Å²) in [4.78, 5) is 25.7. The van der Waals surface area contributed by atoms with Gasteiger partial charge in [-0.1, -0.05) is 6.92 Å². The van der Waals surface area contributed by atoms with Crippen LogP contribution >= 0.6 is 0 Å². The van der Waals surface area contributed by atoms with Gasteiger partial charge >= 0.3 is 5.97 Å². The topological polar surface area (TPSA) is 552 Å². The van der Waals surface area contributed by atoms with Crippen LogP contribution in [0.1, 0.15) is 20.3 Å². The number of carbonyl (C=O) groups is 2. The maximum atomic E-state index is 12.9. The van der Waals surface area contributed by atoms with Gasteiger partial charge in [0.25, 0.3) is 5.79 Å². The van der Waals surface area contributed by atoms with Gasteiger partial charge in [0.2, 0.25) is 5.91 Å². The lowest BCUT2D eigenvalue weighted by Gasteiger charge is -2.51. The second-order valence-corrected chi connectivity index (χ2v) is 19.3. The van der Waals surface area contributed by atoms with Crippen LogP contribution in [0.15, 0.2) is 0 Å². The fourth-order valence-electron chi connectivity index (χ4n) is 9.80. The van der Waals surface area contributed by atoms with E-state index in [-0.39, 0.29) is 0 Å². The summed E-state index contributed by atoms with van der Waals surface area (Å²) in [6.07, 6.45) is -56.6. The molecule has 1 amide bonds. The number of ether oxygens (including phenoxy) is 11. The van der Waals surface area contributed by atoms with E-state index < -0.39 is 248 Å². The number of hydrogen-bond acceptors (Lipinski definition) is 32. The van der Waals surface area contributed by atoms with Crippen molar-refractivity contribution in [2.45, 2.75) is 204 Å². The van der Waals surface area contributed by atoms with Crippen molar-refractivity contribution < 1.29 is 164 Å². The molecule has 0 radical (unpaired) electrons. The molecule has 31 atom stereocenters. The molecule has 34 heteroatoms. The number of carboxylic acid groups (broad SMARTS) is 1. The molecule has 6 saturated heterocycles. The van der Waals surface area contributed by atoms with Gasteiger partial charge in [0, 0.05) is 19.3 Å². The number of aliphatic hydroxyl groups excluding tert-OH is 19. The molecule has 76 heavy (non-hydrogen) atoms. The van der Waals surface area contributed by atoms with Crippen molar-refractivity contribution in [2.24, 2.45) is 5.92 Å². The minimum absolute atomic E-state index is 0.893. The van der Waals surface area contributed by atoms with E-state index in [1.807, 2.05) is 0 Å². The highest BCUT2D eigenvalue weighted by molar-refractivity contribution is 5.76. The molecule has 0 aliphatic carbocycles. The summed E-state index contributed by atoms with van der Waals surface area (Å²) in [6.45, 7) is -3.96. The first-order chi connectivity index (χ1) is 35.8. The average Bonchev–Trinajstić information content (AvgIpc) is 3.39. The van der Waals surface area contributed by atoms with Crippen LogP contribution in [0.2, 0.25) is 0 Å². The number of hydrogen-bond donors (Lipinski definition) is 21. The highest BCUT2D eigenvalue weighted by Crippen LogP contribution is 2.41. The third-order valence-corrected chi connectivity index (χ3v) is 14.2. The molecule has 0 aromatic heterocycles. The number of amides is 1. The van der Waals surface area contributed by atoms with Crippen LogP contribution in [0.5, 0.6) is 0 Å². The number of nitrogens with one attached hydrogen (secondary N) is 1. The Kier molecular flexibility index (Phi) is 22.0. The maximum Gasteiger partial charge on any atom is 0.364 e. The Morgan fingerprint density at radius 3 is 1.46 bits per heavy atom. The van der Waals surface area contributed by atoms with E-state index in [0.717, 1.165) is 6.92 Å². The molecule has 0 saturated carbocycles. The average molecular weight is 1120 g/mol. The van der Waals surface area contributed by atoms with E-state index in [2.05, 4.69) is 5.32 Å². The smallest absolute Gasteiger partial charge is 0.364 e. The van der Waals surface area contributed by atoms with E-state index in [0.29, 0.717) is 0 Å². The third-order valence-electron chi connectivity index (χ3n) is 14.2. The third kappa shape index (κ3) is 12.9. The van der Waals surface area contributed by atoms with Crippen molar-refractivity contribution in [1.29, 1.82) is 0 Å². The predicted molar refractivity (Wildman–Crippen MR) is 231 cm³/mol. The van der Waals surface area contributed by atoms with Crippen LogP contribution in [0.25, 0.3) is 0 Å². The zero-order valence-electron chi connectivity index (χ0n) is 40.5. The summed E-state index contributed by atoms with van der Waals surface area (Å²) >= 11 is 0. The van der Waals surface area contributed by atoms with Gasteiger partial charge in [0.05, 0.1) is 51.8 Å².